The van der Waals surface area contributed by atoms with Crippen LogP contribution < -0.4 is 5.73 Å². The van der Waals surface area contributed by atoms with Gasteiger partial charge in [-0.25, -0.2) is 4.68 Å². The Kier molecular flexibility index (Phi) is 3.37. The van der Waals surface area contributed by atoms with Crippen molar-refractivity contribution in [2.75, 3.05) is 0 Å². The number of benzene rings is 1. The van der Waals surface area contributed by atoms with Crippen molar-refractivity contribution in [2.24, 2.45) is 5.73 Å². The van der Waals surface area contributed by atoms with Crippen LogP contribution >= 0.6 is 0 Å². The van der Waals surface area contributed by atoms with E-state index < -0.39 is 17.3 Å². The van der Waals surface area contributed by atoms with Crippen LogP contribution in [-0.2, 0) is 11.7 Å². The maximum Gasteiger partial charge on any atom is 0.416 e. The molecule has 3 nitrogen and oxygen atoms in total. The highest BCUT2D eigenvalue weighted by molar-refractivity contribution is 5.40. The molecule has 1 aromatic carbocycles. The maximum atomic E-state index is 12.7. The van der Waals surface area contributed by atoms with Crippen molar-refractivity contribution >= 4 is 0 Å². The van der Waals surface area contributed by atoms with Gasteiger partial charge in [-0.3, -0.25) is 0 Å². The molecular weight excluding hydrogens is 267 g/mol. The molecule has 1 heterocycles. The molecule has 20 heavy (non-hydrogen) atoms. The first kappa shape index (κ1) is 14.6. The van der Waals surface area contributed by atoms with Gasteiger partial charge in [0, 0.05) is 16.8 Å². The molecule has 0 spiro atoms. The van der Waals surface area contributed by atoms with Crippen molar-refractivity contribution in [3.63, 3.8) is 0 Å². The van der Waals surface area contributed by atoms with Gasteiger partial charge in [0.1, 0.15) is 0 Å². The topological polar surface area (TPSA) is 43.8 Å². The second-order valence-corrected chi connectivity index (χ2v) is 5.33. The normalized spacial score (nSPS) is 12.8. The van der Waals surface area contributed by atoms with E-state index in [4.69, 9.17) is 5.73 Å². The summed E-state index contributed by atoms with van der Waals surface area (Å²) in [5.41, 5.74) is 6.63. The van der Waals surface area contributed by atoms with Crippen LogP contribution in [0.25, 0.3) is 5.69 Å². The Morgan fingerprint density at radius 1 is 1.20 bits per heavy atom. The number of alkyl halides is 3. The van der Waals surface area contributed by atoms with E-state index in [1.54, 1.807) is 19.2 Å². The lowest BCUT2D eigenvalue weighted by Gasteiger charge is -2.18. The molecule has 0 atom stereocenters. The standard InChI is InChI=1S/C14H16F3N3/c1-9-12(13(2,3)18)8-19-20(9)11-6-4-5-10(7-11)14(15,16)17/h4-8H,18H2,1-3H3. The van der Waals surface area contributed by atoms with Gasteiger partial charge in [-0.15, -0.1) is 0 Å². The van der Waals surface area contributed by atoms with Crippen LogP contribution in [0, 0.1) is 6.92 Å². The lowest BCUT2D eigenvalue weighted by molar-refractivity contribution is -0.137. The molecule has 0 aliphatic carbocycles. The largest absolute Gasteiger partial charge is 0.416 e. The quantitative estimate of drug-likeness (QED) is 0.918. The lowest BCUT2D eigenvalue weighted by Crippen LogP contribution is -2.29. The Labute approximate surface area is 115 Å². The minimum atomic E-state index is -4.37. The number of nitrogens with zero attached hydrogens (tertiary/aromatic N) is 2. The van der Waals surface area contributed by atoms with Crippen molar-refractivity contribution in [3.05, 3.63) is 47.3 Å². The molecule has 0 bridgehead atoms. The third-order valence-corrected chi connectivity index (χ3v) is 3.12. The summed E-state index contributed by atoms with van der Waals surface area (Å²) in [5.74, 6) is 0. The fourth-order valence-electron chi connectivity index (χ4n) is 2.12. The average Bonchev–Trinajstić information content (AvgIpc) is 2.70. The van der Waals surface area contributed by atoms with E-state index in [0.29, 0.717) is 5.69 Å². The van der Waals surface area contributed by atoms with Crippen LogP contribution in [0.3, 0.4) is 0 Å². The summed E-state index contributed by atoms with van der Waals surface area (Å²) in [6.07, 6.45) is -2.78. The molecule has 6 heteroatoms. The van der Waals surface area contributed by atoms with Gasteiger partial charge in [0.2, 0.25) is 0 Å². The van der Waals surface area contributed by atoms with E-state index in [1.165, 1.54) is 10.7 Å². The molecule has 1 aromatic heterocycles. The summed E-state index contributed by atoms with van der Waals surface area (Å²) in [7, 11) is 0. The first-order valence-corrected chi connectivity index (χ1v) is 6.12. The van der Waals surface area contributed by atoms with Crippen LogP contribution in [-0.4, -0.2) is 9.78 Å². The molecule has 0 radical (unpaired) electrons. The summed E-state index contributed by atoms with van der Waals surface area (Å²) in [6, 6.07) is 5.07. The Morgan fingerprint density at radius 3 is 2.35 bits per heavy atom. The van der Waals surface area contributed by atoms with Crippen LogP contribution in [0.4, 0.5) is 13.2 Å². The lowest BCUT2D eigenvalue weighted by atomic mass is 9.97. The van der Waals surface area contributed by atoms with E-state index >= 15 is 0 Å². The predicted octanol–water partition coefficient (Wildman–Crippen LogP) is 3.39. The van der Waals surface area contributed by atoms with E-state index in [1.807, 2.05) is 13.8 Å². The number of aromatic nitrogens is 2. The van der Waals surface area contributed by atoms with Crippen LogP contribution in [0.1, 0.15) is 30.7 Å². The highest BCUT2D eigenvalue weighted by atomic mass is 19.4. The molecule has 0 unspecified atom stereocenters. The molecule has 2 N–H and O–H groups in total. The average molecular weight is 283 g/mol. The highest BCUT2D eigenvalue weighted by Gasteiger charge is 2.31. The zero-order chi connectivity index (χ0) is 15.1. The molecule has 108 valence electrons. The van der Waals surface area contributed by atoms with Crippen molar-refractivity contribution < 1.29 is 13.2 Å². The van der Waals surface area contributed by atoms with Crippen LogP contribution in [0.15, 0.2) is 30.5 Å². The summed E-state index contributed by atoms with van der Waals surface area (Å²) >= 11 is 0. The van der Waals surface area contributed by atoms with Gasteiger partial charge >= 0.3 is 6.18 Å². The molecule has 0 aliphatic rings. The monoisotopic (exact) mass is 283 g/mol. The van der Waals surface area contributed by atoms with Crippen molar-refractivity contribution in [2.45, 2.75) is 32.5 Å². The summed E-state index contributed by atoms with van der Waals surface area (Å²) in [6.45, 7) is 5.44. The Balaban J connectivity index is 2.51. The van der Waals surface area contributed by atoms with Crippen molar-refractivity contribution in [3.8, 4) is 5.69 Å². The molecule has 2 aromatic rings. The van der Waals surface area contributed by atoms with Crippen LogP contribution in [0.2, 0.25) is 0 Å². The minimum Gasteiger partial charge on any atom is -0.322 e. The fraction of sp³-hybridized carbons (Fsp3) is 0.357. The number of nitrogens with two attached hydrogens (primary N) is 1. The minimum absolute atomic E-state index is 0.368. The van der Waals surface area contributed by atoms with E-state index in [2.05, 4.69) is 5.10 Å². The van der Waals surface area contributed by atoms with Crippen molar-refractivity contribution in [1.29, 1.82) is 0 Å². The zero-order valence-electron chi connectivity index (χ0n) is 11.5. The second-order valence-electron chi connectivity index (χ2n) is 5.33. The Bertz CT molecular complexity index is 621. The van der Waals surface area contributed by atoms with E-state index in [9.17, 15) is 13.2 Å². The second kappa shape index (κ2) is 4.63. The number of rotatable bonds is 2. The third kappa shape index (κ3) is 2.70. The van der Waals surface area contributed by atoms with Gasteiger partial charge < -0.3 is 5.73 Å². The van der Waals surface area contributed by atoms with Gasteiger partial charge in [0.15, 0.2) is 0 Å². The molecular formula is C14H16F3N3. The number of hydrogen-bond acceptors (Lipinski definition) is 2. The SMILES string of the molecule is Cc1c(C(C)(C)N)cnn1-c1cccc(C(F)(F)F)c1. The number of hydrogen-bond donors (Lipinski definition) is 1. The highest BCUT2D eigenvalue weighted by Crippen LogP contribution is 2.31. The molecule has 0 saturated heterocycles. The Hall–Kier alpha value is -1.82. The molecule has 0 fully saturated rings. The first-order chi connectivity index (χ1) is 9.10. The first-order valence-electron chi connectivity index (χ1n) is 6.12. The number of halogens is 3. The molecule has 0 amide bonds. The molecule has 0 aliphatic heterocycles. The van der Waals surface area contributed by atoms with Gasteiger partial charge in [-0.1, -0.05) is 6.07 Å². The van der Waals surface area contributed by atoms with E-state index in [-0.39, 0.29) is 0 Å². The van der Waals surface area contributed by atoms with Gasteiger partial charge in [0.25, 0.3) is 0 Å². The van der Waals surface area contributed by atoms with E-state index in [0.717, 1.165) is 23.4 Å². The smallest absolute Gasteiger partial charge is 0.322 e. The van der Waals surface area contributed by atoms with Crippen molar-refractivity contribution in [1.82, 2.24) is 9.78 Å². The van der Waals surface area contributed by atoms with Gasteiger partial charge in [-0.2, -0.15) is 18.3 Å². The van der Waals surface area contributed by atoms with Gasteiger partial charge in [0.05, 0.1) is 17.4 Å². The summed E-state index contributed by atoms with van der Waals surface area (Å²) in [5, 5.41) is 4.14. The summed E-state index contributed by atoms with van der Waals surface area (Å²) < 4.78 is 39.7. The Morgan fingerprint density at radius 2 is 1.85 bits per heavy atom. The third-order valence-electron chi connectivity index (χ3n) is 3.12. The predicted molar refractivity (Wildman–Crippen MR) is 70.5 cm³/mol. The summed E-state index contributed by atoms with van der Waals surface area (Å²) in [4.78, 5) is 0. The fourth-order valence-corrected chi connectivity index (χ4v) is 2.12. The van der Waals surface area contributed by atoms with Gasteiger partial charge in [-0.05, 0) is 39.0 Å². The maximum absolute atomic E-state index is 12.7. The molecule has 2 rings (SSSR count). The molecule has 0 saturated carbocycles. The van der Waals surface area contributed by atoms with Crippen LogP contribution in [0.5, 0.6) is 0 Å². The zero-order valence-corrected chi connectivity index (χ0v) is 11.5.